The van der Waals surface area contributed by atoms with Crippen LogP contribution in [0.2, 0.25) is 5.02 Å². The molecule has 4 heteroatoms. The molecule has 0 unspecified atom stereocenters. The zero-order chi connectivity index (χ0) is 21.9. The molecule has 3 nitrogen and oxygen atoms in total. The smallest absolute Gasteiger partial charge is 0.254 e. The van der Waals surface area contributed by atoms with Crippen molar-refractivity contribution >= 4 is 28.4 Å². The molecule has 1 fully saturated rings. The lowest BCUT2D eigenvalue weighted by molar-refractivity contribution is 0.0692. The number of hydrogen-bond acceptors (Lipinski definition) is 2. The summed E-state index contributed by atoms with van der Waals surface area (Å²) in [6, 6.07) is 28.0. The van der Waals surface area contributed by atoms with Gasteiger partial charge in [-0.05, 0) is 48.9 Å². The van der Waals surface area contributed by atoms with Gasteiger partial charge in [-0.25, -0.2) is 4.98 Å². The predicted molar refractivity (Wildman–Crippen MR) is 131 cm³/mol. The molecule has 32 heavy (non-hydrogen) atoms. The maximum absolute atomic E-state index is 13.6. The minimum Gasteiger partial charge on any atom is -0.339 e. The molecular formula is C28H25ClN2O. The summed E-state index contributed by atoms with van der Waals surface area (Å²) in [7, 11) is 0. The maximum atomic E-state index is 13.6. The second kappa shape index (κ2) is 9.13. The van der Waals surface area contributed by atoms with Gasteiger partial charge in [0, 0.05) is 29.1 Å². The largest absolute Gasteiger partial charge is 0.339 e. The van der Waals surface area contributed by atoms with Crippen molar-refractivity contribution in [1.82, 2.24) is 9.88 Å². The molecule has 0 radical (unpaired) electrons. The number of hydrogen-bond donors (Lipinski definition) is 0. The van der Waals surface area contributed by atoms with Crippen LogP contribution in [-0.2, 0) is 6.42 Å². The van der Waals surface area contributed by atoms with Gasteiger partial charge in [0.2, 0.25) is 0 Å². The first-order valence-electron chi connectivity index (χ1n) is 11.2. The van der Waals surface area contributed by atoms with Crippen LogP contribution in [0.5, 0.6) is 0 Å². The third-order valence-corrected chi connectivity index (χ3v) is 6.69. The topological polar surface area (TPSA) is 33.2 Å². The van der Waals surface area contributed by atoms with Gasteiger partial charge in [0.25, 0.3) is 5.91 Å². The van der Waals surface area contributed by atoms with Crippen molar-refractivity contribution < 1.29 is 4.79 Å². The van der Waals surface area contributed by atoms with Crippen molar-refractivity contribution in [3.05, 3.63) is 101 Å². The van der Waals surface area contributed by atoms with Crippen LogP contribution < -0.4 is 0 Å². The molecule has 1 amide bonds. The van der Waals surface area contributed by atoms with E-state index in [2.05, 4.69) is 30.3 Å². The average molecular weight is 441 g/mol. The third-order valence-electron chi connectivity index (χ3n) is 6.37. The van der Waals surface area contributed by atoms with Gasteiger partial charge in [0.15, 0.2) is 0 Å². The molecule has 4 aromatic rings. The summed E-state index contributed by atoms with van der Waals surface area (Å²) in [5, 5.41) is 1.52. The van der Waals surface area contributed by atoms with E-state index in [1.165, 1.54) is 5.56 Å². The van der Waals surface area contributed by atoms with Crippen LogP contribution >= 0.6 is 11.6 Å². The van der Waals surface area contributed by atoms with Crippen LogP contribution in [0.1, 0.15) is 28.8 Å². The van der Waals surface area contributed by atoms with Crippen LogP contribution in [0.4, 0.5) is 0 Å². The number of fused-ring (bicyclic) bond motifs is 1. The van der Waals surface area contributed by atoms with Crippen LogP contribution in [-0.4, -0.2) is 28.9 Å². The fourth-order valence-corrected chi connectivity index (χ4v) is 4.85. The number of piperidine rings is 1. The van der Waals surface area contributed by atoms with Gasteiger partial charge in [-0.3, -0.25) is 4.79 Å². The highest BCUT2D eigenvalue weighted by Crippen LogP contribution is 2.31. The van der Waals surface area contributed by atoms with Gasteiger partial charge in [0.05, 0.1) is 16.8 Å². The third kappa shape index (κ3) is 4.26. The number of likely N-dealkylation sites (tertiary alicyclic amines) is 1. The summed E-state index contributed by atoms with van der Waals surface area (Å²) in [4.78, 5) is 20.4. The Kier molecular flexibility index (Phi) is 5.91. The standard InChI is InChI=1S/C28H25ClN2O/c29-25-12-6-4-11-23(25)27-19-24(22-10-5-7-13-26(22)30-27)28(32)31-16-14-21(15-17-31)18-20-8-2-1-3-9-20/h1-13,19,21H,14-18H2. The number of amides is 1. The lowest BCUT2D eigenvalue weighted by Crippen LogP contribution is -2.39. The molecule has 1 aliphatic heterocycles. The Labute approximate surface area is 193 Å². The van der Waals surface area contributed by atoms with E-state index in [0.29, 0.717) is 16.5 Å². The summed E-state index contributed by atoms with van der Waals surface area (Å²) >= 11 is 6.44. The number of rotatable bonds is 4. The molecule has 160 valence electrons. The molecule has 0 saturated carbocycles. The Bertz CT molecular complexity index is 1250. The highest BCUT2D eigenvalue weighted by molar-refractivity contribution is 6.33. The van der Waals surface area contributed by atoms with E-state index in [0.717, 1.165) is 54.5 Å². The number of halogens is 1. The van der Waals surface area contributed by atoms with Crippen LogP contribution in [0.25, 0.3) is 22.2 Å². The van der Waals surface area contributed by atoms with Gasteiger partial charge in [0.1, 0.15) is 0 Å². The lowest BCUT2D eigenvalue weighted by Gasteiger charge is -2.32. The Morgan fingerprint density at radius 1 is 0.906 bits per heavy atom. The zero-order valence-corrected chi connectivity index (χ0v) is 18.6. The summed E-state index contributed by atoms with van der Waals surface area (Å²) in [5.41, 5.74) is 4.47. The van der Waals surface area contributed by atoms with E-state index >= 15 is 0 Å². The van der Waals surface area contributed by atoms with Crippen LogP contribution in [0.15, 0.2) is 84.9 Å². The summed E-state index contributed by atoms with van der Waals surface area (Å²) in [6.07, 6.45) is 3.14. The lowest BCUT2D eigenvalue weighted by atomic mass is 9.90. The van der Waals surface area contributed by atoms with Crippen molar-refractivity contribution in [1.29, 1.82) is 0 Å². The van der Waals surface area contributed by atoms with E-state index in [-0.39, 0.29) is 5.91 Å². The second-order valence-electron chi connectivity index (χ2n) is 8.48. The molecule has 1 saturated heterocycles. The number of pyridine rings is 1. The maximum Gasteiger partial charge on any atom is 0.254 e. The van der Waals surface area contributed by atoms with Crippen LogP contribution in [0.3, 0.4) is 0 Å². The van der Waals surface area contributed by atoms with E-state index in [4.69, 9.17) is 16.6 Å². The minimum atomic E-state index is 0.0788. The molecule has 2 heterocycles. The molecule has 0 atom stereocenters. The van der Waals surface area contributed by atoms with Crippen LogP contribution in [0, 0.1) is 5.92 Å². The van der Waals surface area contributed by atoms with E-state index in [1.54, 1.807) is 0 Å². The SMILES string of the molecule is O=C(c1cc(-c2ccccc2Cl)nc2ccccc12)N1CCC(Cc2ccccc2)CC1. The molecule has 0 aliphatic carbocycles. The Hall–Kier alpha value is -3.17. The Morgan fingerprint density at radius 3 is 2.38 bits per heavy atom. The van der Waals surface area contributed by atoms with Gasteiger partial charge in [-0.2, -0.15) is 0 Å². The quantitative estimate of drug-likeness (QED) is 0.356. The highest BCUT2D eigenvalue weighted by Gasteiger charge is 2.25. The highest BCUT2D eigenvalue weighted by atomic mass is 35.5. The second-order valence-corrected chi connectivity index (χ2v) is 8.88. The van der Waals surface area contributed by atoms with Crippen molar-refractivity contribution in [2.75, 3.05) is 13.1 Å². The van der Waals surface area contributed by atoms with Crippen molar-refractivity contribution in [2.45, 2.75) is 19.3 Å². The number of carbonyl (C=O) groups is 1. The Morgan fingerprint density at radius 2 is 1.59 bits per heavy atom. The van der Waals surface area contributed by atoms with E-state index < -0.39 is 0 Å². The van der Waals surface area contributed by atoms with E-state index in [9.17, 15) is 4.79 Å². The van der Waals surface area contributed by atoms with Gasteiger partial charge < -0.3 is 4.90 Å². The molecule has 1 aromatic heterocycles. The zero-order valence-electron chi connectivity index (χ0n) is 17.9. The normalized spacial score (nSPS) is 14.6. The fourth-order valence-electron chi connectivity index (χ4n) is 4.62. The summed E-state index contributed by atoms with van der Waals surface area (Å²) < 4.78 is 0. The first kappa shape index (κ1) is 20.7. The van der Waals surface area contributed by atoms with Crippen molar-refractivity contribution in [3.8, 4) is 11.3 Å². The molecular weight excluding hydrogens is 416 g/mol. The first-order chi connectivity index (χ1) is 15.7. The predicted octanol–water partition coefficient (Wildman–Crippen LogP) is 6.65. The van der Waals surface area contributed by atoms with E-state index in [1.807, 2.05) is 59.5 Å². The molecule has 1 aliphatic rings. The number of para-hydroxylation sites is 1. The van der Waals surface area contributed by atoms with Gasteiger partial charge in [-0.1, -0.05) is 78.3 Å². The monoisotopic (exact) mass is 440 g/mol. The number of nitrogens with zero attached hydrogens (tertiary/aromatic N) is 2. The van der Waals surface area contributed by atoms with Crippen molar-refractivity contribution in [3.63, 3.8) is 0 Å². The van der Waals surface area contributed by atoms with Gasteiger partial charge >= 0.3 is 0 Å². The molecule has 0 bridgehead atoms. The van der Waals surface area contributed by atoms with Crippen molar-refractivity contribution in [2.24, 2.45) is 5.92 Å². The van der Waals surface area contributed by atoms with Gasteiger partial charge in [-0.15, -0.1) is 0 Å². The molecule has 0 spiro atoms. The fraction of sp³-hybridized carbons (Fsp3) is 0.214. The summed E-state index contributed by atoms with van der Waals surface area (Å²) in [6.45, 7) is 1.57. The molecule has 0 N–H and O–H groups in total. The molecule has 3 aromatic carbocycles. The first-order valence-corrected chi connectivity index (χ1v) is 11.5. The number of carbonyl (C=O) groups excluding carboxylic acids is 1. The minimum absolute atomic E-state index is 0.0788. The number of benzene rings is 3. The molecule has 5 rings (SSSR count). The summed E-state index contributed by atoms with van der Waals surface area (Å²) in [5.74, 6) is 0.699. The number of aromatic nitrogens is 1. The average Bonchev–Trinajstić information content (AvgIpc) is 2.84. The Balaban J connectivity index is 1.40.